The number of carbonyl (C=O) groups excluding carboxylic acids is 1. The summed E-state index contributed by atoms with van der Waals surface area (Å²) in [5, 5.41) is 6.88. The van der Waals surface area contributed by atoms with Crippen molar-refractivity contribution >= 4 is 17.3 Å². The third-order valence-corrected chi connectivity index (χ3v) is 6.67. The van der Waals surface area contributed by atoms with Crippen molar-refractivity contribution in [2.24, 2.45) is 0 Å². The van der Waals surface area contributed by atoms with E-state index in [4.69, 9.17) is 4.74 Å². The van der Waals surface area contributed by atoms with Gasteiger partial charge < -0.3 is 20.3 Å². The SMILES string of the molecule is O=C(CCCCc1ccccc1)Nc1ccc(N2CCC(NC3CCOCC3)CC2)cc1. The van der Waals surface area contributed by atoms with Gasteiger partial charge in [0.2, 0.25) is 5.91 Å². The Morgan fingerprint density at radius 1 is 0.875 bits per heavy atom. The standard InChI is InChI=1S/C27H37N3O2/c31-27(9-5-4-8-22-6-2-1-3-7-22)29-23-10-12-26(13-11-23)30-18-14-24(15-19-30)28-25-16-20-32-21-17-25/h1-3,6-7,10-13,24-25,28H,4-5,8-9,14-21H2,(H,29,31). The molecule has 5 heteroatoms. The molecule has 2 aliphatic heterocycles. The van der Waals surface area contributed by atoms with E-state index in [0.29, 0.717) is 18.5 Å². The summed E-state index contributed by atoms with van der Waals surface area (Å²) in [6.07, 6.45) is 8.19. The Bertz CT molecular complexity index is 811. The van der Waals surface area contributed by atoms with Gasteiger partial charge in [0.15, 0.2) is 0 Å². The van der Waals surface area contributed by atoms with Crippen molar-refractivity contribution < 1.29 is 9.53 Å². The van der Waals surface area contributed by atoms with E-state index < -0.39 is 0 Å². The molecule has 172 valence electrons. The molecule has 4 rings (SSSR count). The lowest BCUT2D eigenvalue weighted by Crippen LogP contribution is -2.47. The van der Waals surface area contributed by atoms with E-state index in [9.17, 15) is 4.79 Å². The quantitative estimate of drug-likeness (QED) is 0.557. The van der Waals surface area contributed by atoms with Crippen molar-refractivity contribution in [3.8, 4) is 0 Å². The number of hydrogen-bond acceptors (Lipinski definition) is 4. The Labute approximate surface area is 192 Å². The van der Waals surface area contributed by atoms with Crippen LogP contribution in [0.5, 0.6) is 0 Å². The Kier molecular flexibility index (Phi) is 8.57. The Morgan fingerprint density at radius 3 is 2.28 bits per heavy atom. The monoisotopic (exact) mass is 435 g/mol. The number of hydrogen-bond donors (Lipinski definition) is 2. The zero-order chi connectivity index (χ0) is 22.0. The normalized spacial score (nSPS) is 17.9. The second kappa shape index (κ2) is 12.0. The van der Waals surface area contributed by atoms with Crippen molar-refractivity contribution in [2.75, 3.05) is 36.5 Å². The van der Waals surface area contributed by atoms with Gasteiger partial charge in [0.1, 0.15) is 0 Å². The molecule has 2 aromatic carbocycles. The van der Waals surface area contributed by atoms with Gasteiger partial charge in [-0.1, -0.05) is 30.3 Å². The van der Waals surface area contributed by atoms with Gasteiger partial charge in [-0.05, 0) is 74.8 Å². The molecule has 0 atom stereocenters. The van der Waals surface area contributed by atoms with Crippen LogP contribution in [0, 0.1) is 0 Å². The maximum absolute atomic E-state index is 12.3. The van der Waals surface area contributed by atoms with Crippen LogP contribution < -0.4 is 15.5 Å². The molecular formula is C27H37N3O2. The second-order valence-corrected chi connectivity index (χ2v) is 9.10. The maximum Gasteiger partial charge on any atom is 0.224 e. The molecule has 1 amide bonds. The largest absolute Gasteiger partial charge is 0.381 e. The summed E-state index contributed by atoms with van der Waals surface area (Å²) in [4.78, 5) is 14.7. The third-order valence-electron chi connectivity index (χ3n) is 6.67. The lowest BCUT2D eigenvalue weighted by molar-refractivity contribution is -0.116. The maximum atomic E-state index is 12.3. The number of anilines is 2. The van der Waals surface area contributed by atoms with Gasteiger partial charge in [-0.15, -0.1) is 0 Å². The molecular weight excluding hydrogens is 398 g/mol. The molecule has 0 radical (unpaired) electrons. The van der Waals surface area contributed by atoms with Crippen LogP contribution in [0.1, 0.15) is 50.5 Å². The number of nitrogens with one attached hydrogen (secondary N) is 2. The van der Waals surface area contributed by atoms with Crippen LogP contribution in [-0.2, 0) is 16.0 Å². The number of rotatable bonds is 9. The summed E-state index contributed by atoms with van der Waals surface area (Å²) >= 11 is 0. The number of nitrogens with zero attached hydrogens (tertiary/aromatic N) is 1. The van der Waals surface area contributed by atoms with Crippen LogP contribution in [0.4, 0.5) is 11.4 Å². The summed E-state index contributed by atoms with van der Waals surface area (Å²) in [5.74, 6) is 0.103. The van der Waals surface area contributed by atoms with Crippen molar-refractivity contribution in [3.05, 3.63) is 60.2 Å². The predicted octanol–water partition coefficient (Wildman–Crippen LogP) is 4.78. The molecule has 0 aliphatic carbocycles. The average Bonchev–Trinajstić information content (AvgIpc) is 2.84. The van der Waals surface area contributed by atoms with Crippen LogP contribution >= 0.6 is 0 Å². The molecule has 2 heterocycles. The summed E-state index contributed by atoms with van der Waals surface area (Å²) < 4.78 is 5.46. The molecule has 0 aromatic heterocycles. The summed E-state index contributed by atoms with van der Waals surface area (Å²) in [6.45, 7) is 3.95. The summed E-state index contributed by atoms with van der Waals surface area (Å²) in [7, 11) is 0. The van der Waals surface area contributed by atoms with E-state index >= 15 is 0 Å². The highest BCUT2D eigenvalue weighted by atomic mass is 16.5. The Balaban J connectivity index is 1.14. The number of ether oxygens (including phenoxy) is 1. The lowest BCUT2D eigenvalue weighted by atomic mass is 10.0. The minimum atomic E-state index is 0.103. The fourth-order valence-corrected chi connectivity index (χ4v) is 4.74. The predicted molar refractivity (Wildman–Crippen MR) is 131 cm³/mol. The van der Waals surface area contributed by atoms with Crippen molar-refractivity contribution in [1.29, 1.82) is 0 Å². The molecule has 2 saturated heterocycles. The molecule has 2 N–H and O–H groups in total. The highest BCUT2D eigenvalue weighted by Gasteiger charge is 2.23. The Morgan fingerprint density at radius 2 is 1.56 bits per heavy atom. The topological polar surface area (TPSA) is 53.6 Å². The van der Waals surface area contributed by atoms with E-state index in [0.717, 1.165) is 64.1 Å². The van der Waals surface area contributed by atoms with Gasteiger partial charge in [-0.3, -0.25) is 4.79 Å². The molecule has 2 aliphatic rings. The fraction of sp³-hybridized carbons (Fsp3) is 0.519. The average molecular weight is 436 g/mol. The molecule has 5 nitrogen and oxygen atoms in total. The van der Waals surface area contributed by atoms with Crippen LogP contribution in [0.2, 0.25) is 0 Å². The van der Waals surface area contributed by atoms with Crippen molar-refractivity contribution in [3.63, 3.8) is 0 Å². The first-order chi connectivity index (χ1) is 15.8. The highest BCUT2D eigenvalue weighted by molar-refractivity contribution is 5.90. The minimum absolute atomic E-state index is 0.103. The van der Waals surface area contributed by atoms with Gasteiger partial charge in [0, 0.05) is 56.2 Å². The molecule has 32 heavy (non-hydrogen) atoms. The van der Waals surface area contributed by atoms with E-state index in [2.05, 4.69) is 51.9 Å². The van der Waals surface area contributed by atoms with Crippen LogP contribution in [0.25, 0.3) is 0 Å². The minimum Gasteiger partial charge on any atom is -0.381 e. The van der Waals surface area contributed by atoms with Gasteiger partial charge in [0.25, 0.3) is 0 Å². The third kappa shape index (κ3) is 7.07. The molecule has 0 bridgehead atoms. The number of unbranched alkanes of at least 4 members (excludes halogenated alkanes) is 1. The van der Waals surface area contributed by atoms with Gasteiger partial charge in [-0.25, -0.2) is 0 Å². The number of carbonyl (C=O) groups is 1. The Hall–Kier alpha value is -2.37. The molecule has 2 aromatic rings. The number of piperidine rings is 1. The van der Waals surface area contributed by atoms with E-state index in [1.807, 2.05) is 18.2 Å². The zero-order valence-corrected chi connectivity index (χ0v) is 19.1. The van der Waals surface area contributed by atoms with E-state index in [1.165, 1.54) is 24.1 Å². The first-order valence-electron chi connectivity index (χ1n) is 12.3. The van der Waals surface area contributed by atoms with Crippen molar-refractivity contribution in [1.82, 2.24) is 5.32 Å². The number of amides is 1. The second-order valence-electron chi connectivity index (χ2n) is 9.10. The van der Waals surface area contributed by atoms with Crippen LogP contribution in [-0.4, -0.2) is 44.3 Å². The van der Waals surface area contributed by atoms with Gasteiger partial charge in [0.05, 0.1) is 0 Å². The molecule has 0 spiro atoms. The lowest BCUT2D eigenvalue weighted by Gasteiger charge is -2.36. The van der Waals surface area contributed by atoms with Crippen molar-refractivity contribution in [2.45, 2.75) is 63.5 Å². The first-order valence-corrected chi connectivity index (χ1v) is 12.3. The van der Waals surface area contributed by atoms with Crippen LogP contribution in [0.3, 0.4) is 0 Å². The van der Waals surface area contributed by atoms with E-state index in [-0.39, 0.29) is 5.91 Å². The molecule has 2 fully saturated rings. The number of benzene rings is 2. The van der Waals surface area contributed by atoms with E-state index in [1.54, 1.807) is 0 Å². The molecule has 0 unspecified atom stereocenters. The van der Waals surface area contributed by atoms with Crippen LogP contribution in [0.15, 0.2) is 54.6 Å². The van der Waals surface area contributed by atoms with Gasteiger partial charge >= 0.3 is 0 Å². The zero-order valence-electron chi connectivity index (χ0n) is 19.1. The van der Waals surface area contributed by atoms with Gasteiger partial charge in [-0.2, -0.15) is 0 Å². The fourth-order valence-electron chi connectivity index (χ4n) is 4.74. The number of aryl methyl sites for hydroxylation is 1. The highest BCUT2D eigenvalue weighted by Crippen LogP contribution is 2.23. The smallest absolute Gasteiger partial charge is 0.224 e. The molecule has 0 saturated carbocycles. The summed E-state index contributed by atoms with van der Waals surface area (Å²) in [6, 6.07) is 20.0. The first kappa shape index (κ1) is 22.8. The summed E-state index contributed by atoms with van der Waals surface area (Å²) in [5.41, 5.74) is 3.47.